The summed E-state index contributed by atoms with van der Waals surface area (Å²) in [4.78, 5) is 3.98. The number of nitrogens with zero attached hydrogens (tertiary/aromatic N) is 4. The summed E-state index contributed by atoms with van der Waals surface area (Å²) >= 11 is 7.69. The Kier molecular flexibility index (Phi) is 5.15. The van der Waals surface area contributed by atoms with E-state index in [-0.39, 0.29) is 6.04 Å². The monoisotopic (exact) mass is 432 g/mol. The van der Waals surface area contributed by atoms with Crippen molar-refractivity contribution in [3.8, 4) is 5.69 Å². The maximum Gasteiger partial charge on any atom is 0.203 e. The molecule has 5 rings (SSSR count). The smallest absolute Gasteiger partial charge is 0.203 e. The minimum Gasteiger partial charge on any atom is -0.274 e. The largest absolute Gasteiger partial charge is 0.274 e. The van der Waals surface area contributed by atoms with Crippen LogP contribution in [0.15, 0.2) is 66.3 Å². The van der Waals surface area contributed by atoms with Crippen molar-refractivity contribution in [2.75, 3.05) is 6.54 Å². The highest BCUT2D eigenvalue weighted by Crippen LogP contribution is 2.37. The summed E-state index contributed by atoms with van der Waals surface area (Å²) in [5, 5.41) is 6.87. The number of thiophene rings is 1. The van der Waals surface area contributed by atoms with E-state index in [1.807, 2.05) is 26.9 Å². The molecule has 3 heterocycles. The minimum absolute atomic E-state index is 0.231. The van der Waals surface area contributed by atoms with Crippen molar-refractivity contribution in [2.24, 2.45) is 0 Å². The third kappa shape index (κ3) is 3.45. The van der Waals surface area contributed by atoms with E-state index in [9.17, 15) is 0 Å². The van der Waals surface area contributed by atoms with Gasteiger partial charge in [0, 0.05) is 11.4 Å². The lowest BCUT2D eigenvalue weighted by atomic mass is 9.94. The van der Waals surface area contributed by atoms with Crippen LogP contribution in [0.4, 0.5) is 0 Å². The molecule has 6 heteroatoms. The van der Waals surface area contributed by atoms with Gasteiger partial charge in [0.25, 0.3) is 0 Å². The topological polar surface area (TPSA) is 26.0 Å². The van der Waals surface area contributed by atoms with Crippen molar-refractivity contribution >= 4 is 23.6 Å². The highest BCUT2D eigenvalue weighted by atomic mass is 32.1. The molecule has 0 saturated carbocycles. The molecule has 2 aromatic heterocycles. The van der Waals surface area contributed by atoms with Gasteiger partial charge in [-0.3, -0.25) is 9.47 Å². The lowest BCUT2D eigenvalue weighted by Crippen LogP contribution is -2.37. The average molecular weight is 433 g/mol. The van der Waals surface area contributed by atoms with Gasteiger partial charge in [-0.1, -0.05) is 48.0 Å². The van der Waals surface area contributed by atoms with E-state index >= 15 is 0 Å². The number of aromatic nitrogens is 3. The molecule has 0 fully saturated rings. The number of rotatable bonds is 4. The second kappa shape index (κ2) is 7.95. The zero-order chi connectivity index (χ0) is 20.7. The van der Waals surface area contributed by atoms with Crippen molar-refractivity contribution in [3.63, 3.8) is 0 Å². The second-order valence-electron chi connectivity index (χ2n) is 7.89. The first-order chi connectivity index (χ1) is 14.6. The van der Waals surface area contributed by atoms with Crippen LogP contribution in [0.1, 0.15) is 33.2 Å². The summed E-state index contributed by atoms with van der Waals surface area (Å²) < 4.78 is 4.69. The molecule has 30 heavy (non-hydrogen) atoms. The average Bonchev–Trinajstić information content (AvgIpc) is 3.36. The van der Waals surface area contributed by atoms with E-state index in [0.717, 1.165) is 23.4 Å². The Balaban J connectivity index is 1.50. The number of hydrogen-bond acceptors (Lipinski definition) is 4. The maximum atomic E-state index is 5.82. The van der Waals surface area contributed by atoms with Crippen LogP contribution in [0.5, 0.6) is 0 Å². The van der Waals surface area contributed by atoms with Gasteiger partial charge in [0.15, 0.2) is 0 Å². The van der Waals surface area contributed by atoms with Crippen LogP contribution in [-0.4, -0.2) is 25.8 Å². The van der Waals surface area contributed by atoms with Crippen LogP contribution < -0.4 is 0 Å². The number of benzene rings is 2. The molecule has 0 bridgehead atoms. The van der Waals surface area contributed by atoms with Gasteiger partial charge in [0.1, 0.15) is 6.33 Å². The third-order valence-electron chi connectivity index (χ3n) is 5.84. The van der Waals surface area contributed by atoms with Crippen LogP contribution in [0.25, 0.3) is 5.69 Å². The summed E-state index contributed by atoms with van der Waals surface area (Å²) in [7, 11) is 0. The maximum absolute atomic E-state index is 5.82. The first-order valence-corrected chi connectivity index (χ1v) is 11.5. The van der Waals surface area contributed by atoms with E-state index in [1.165, 1.54) is 27.1 Å². The van der Waals surface area contributed by atoms with Gasteiger partial charge in [-0.2, -0.15) is 5.10 Å². The van der Waals surface area contributed by atoms with Gasteiger partial charge < -0.3 is 0 Å². The lowest BCUT2D eigenvalue weighted by molar-refractivity contribution is 0.156. The van der Waals surface area contributed by atoms with Gasteiger partial charge in [0.2, 0.25) is 4.77 Å². The molecule has 0 aliphatic carbocycles. The summed E-state index contributed by atoms with van der Waals surface area (Å²) in [6.07, 6.45) is 2.92. The molecule has 2 aromatic carbocycles. The quantitative estimate of drug-likeness (QED) is 0.388. The molecule has 0 amide bonds. The lowest BCUT2D eigenvalue weighted by Gasteiger charge is -2.36. The third-order valence-corrected chi connectivity index (χ3v) is 7.25. The fraction of sp³-hybridized carbons (Fsp3) is 0.250. The van der Waals surface area contributed by atoms with Crippen molar-refractivity contribution in [2.45, 2.75) is 33.0 Å². The normalized spacial score (nSPS) is 16.5. The number of hydrogen-bond donors (Lipinski definition) is 0. The molecule has 1 aliphatic heterocycles. The van der Waals surface area contributed by atoms with E-state index in [2.05, 4.69) is 83.8 Å². The van der Waals surface area contributed by atoms with Gasteiger partial charge in [-0.25, -0.2) is 4.68 Å². The SMILES string of the molecule is Cc1ccc(-n2cnn(CN3CCc4sccc4C3c3ccccc3)c2=S)c(C)c1. The molecule has 1 atom stereocenters. The van der Waals surface area contributed by atoms with Crippen LogP contribution in [0.3, 0.4) is 0 Å². The second-order valence-corrected chi connectivity index (χ2v) is 9.25. The molecular weight excluding hydrogens is 408 g/mol. The molecular formula is C24H24N4S2. The Bertz CT molecular complexity index is 1240. The zero-order valence-electron chi connectivity index (χ0n) is 17.2. The van der Waals surface area contributed by atoms with Gasteiger partial charge >= 0.3 is 0 Å². The van der Waals surface area contributed by atoms with E-state index < -0.39 is 0 Å². The summed E-state index contributed by atoms with van der Waals surface area (Å²) in [5.74, 6) is 0. The molecule has 1 aliphatic rings. The Hall–Kier alpha value is -2.54. The van der Waals surface area contributed by atoms with Crippen molar-refractivity contribution < 1.29 is 0 Å². The van der Waals surface area contributed by atoms with Crippen LogP contribution >= 0.6 is 23.6 Å². The summed E-state index contributed by atoms with van der Waals surface area (Å²) in [6, 6.07) is 19.7. The fourth-order valence-corrected chi connectivity index (χ4v) is 5.55. The molecule has 4 nitrogen and oxygen atoms in total. The van der Waals surface area contributed by atoms with E-state index in [0.29, 0.717) is 6.67 Å². The highest BCUT2D eigenvalue weighted by Gasteiger charge is 2.30. The molecule has 1 unspecified atom stereocenters. The Morgan fingerprint density at radius 1 is 1.10 bits per heavy atom. The summed E-state index contributed by atoms with van der Waals surface area (Å²) in [6.45, 7) is 5.89. The van der Waals surface area contributed by atoms with Crippen LogP contribution in [0, 0.1) is 18.6 Å². The molecule has 0 N–H and O–H groups in total. The zero-order valence-corrected chi connectivity index (χ0v) is 18.8. The van der Waals surface area contributed by atoms with Crippen LogP contribution in [0.2, 0.25) is 0 Å². The van der Waals surface area contributed by atoms with E-state index in [1.54, 1.807) is 0 Å². The Labute approximate surface area is 186 Å². The van der Waals surface area contributed by atoms with Crippen molar-refractivity contribution in [1.29, 1.82) is 0 Å². The molecule has 0 radical (unpaired) electrons. The van der Waals surface area contributed by atoms with Gasteiger partial charge in [0.05, 0.1) is 18.4 Å². The van der Waals surface area contributed by atoms with Crippen molar-refractivity contribution in [3.05, 3.63) is 98.2 Å². The van der Waals surface area contributed by atoms with Crippen molar-refractivity contribution in [1.82, 2.24) is 19.2 Å². The Morgan fingerprint density at radius 2 is 1.93 bits per heavy atom. The van der Waals surface area contributed by atoms with Gasteiger partial charge in [-0.05, 0) is 66.7 Å². The molecule has 0 spiro atoms. The minimum atomic E-state index is 0.231. The fourth-order valence-electron chi connectivity index (χ4n) is 4.39. The predicted octanol–water partition coefficient (Wildman–Crippen LogP) is 5.69. The van der Waals surface area contributed by atoms with Gasteiger partial charge in [-0.15, -0.1) is 11.3 Å². The molecule has 0 saturated heterocycles. The number of aryl methyl sites for hydroxylation is 2. The highest BCUT2D eigenvalue weighted by molar-refractivity contribution is 7.71. The number of fused-ring (bicyclic) bond motifs is 1. The molecule has 152 valence electrons. The first-order valence-electron chi connectivity index (χ1n) is 10.2. The first kappa shape index (κ1) is 19.4. The Morgan fingerprint density at radius 3 is 2.73 bits per heavy atom. The molecule has 4 aromatic rings. The van der Waals surface area contributed by atoms with Crippen LogP contribution in [-0.2, 0) is 13.1 Å². The predicted molar refractivity (Wildman–Crippen MR) is 125 cm³/mol. The standard InChI is InChI=1S/C24H24N4S2/c1-17-8-9-21(18(2)14-17)27-15-25-28(24(27)29)16-26-12-10-22-20(11-13-30-22)23(26)19-6-4-3-5-7-19/h3-9,11,13-15,23H,10,12,16H2,1-2H3. The summed E-state index contributed by atoms with van der Waals surface area (Å²) in [5.41, 5.74) is 6.28. The van der Waals surface area contributed by atoms with E-state index in [4.69, 9.17) is 12.2 Å².